The van der Waals surface area contributed by atoms with Crippen molar-refractivity contribution in [2.75, 3.05) is 0 Å². The van der Waals surface area contributed by atoms with Crippen molar-refractivity contribution in [2.24, 2.45) is 22.7 Å². The predicted octanol–water partition coefficient (Wildman–Crippen LogP) is 6.48. The van der Waals surface area contributed by atoms with Crippen molar-refractivity contribution in [3.8, 4) is 0 Å². The fourth-order valence-corrected chi connectivity index (χ4v) is 7.66. The first-order valence-electron chi connectivity index (χ1n) is 10.2. The molecule has 0 bridgehead atoms. The van der Waals surface area contributed by atoms with Gasteiger partial charge in [0.2, 0.25) is 0 Å². The summed E-state index contributed by atoms with van der Waals surface area (Å²) in [6.45, 7) is 0. The fourth-order valence-electron chi connectivity index (χ4n) is 5.77. The van der Waals surface area contributed by atoms with Gasteiger partial charge in [0.25, 0.3) is 0 Å². The summed E-state index contributed by atoms with van der Waals surface area (Å²) in [4.78, 5) is 5.21. The van der Waals surface area contributed by atoms with Crippen LogP contribution in [0.3, 0.4) is 0 Å². The van der Waals surface area contributed by atoms with Gasteiger partial charge in [0.1, 0.15) is 4.38 Å². The number of rotatable bonds is 1. The van der Waals surface area contributed by atoms with E-state index in [1.807, 2.05) is 11.8 Å². The van der Waals surface area contributed by atoms with Crippen LogP contribution in [-0.4, -0.2) is 15.2 Å². The van der Waals surface area contributed by atoms with Crippen LogP contribution >= 0.6 is 24.4 Å². The second-order valence-corrected chi connectivity index (χ2v) is 10.5. The smallest absolute Gasteiger partial charge is 0.122 e. The summed E-state index contributed by atoms with van der Waals surface area (Å²) in [6, 6.07) is 0. The largest absolute Gasteiger partial charge is 0.264 e. The quantitative estimate of drug-likeness (QED) is 0.533. The third-order valence-electron chi connectivity index (χ3n) is 7.18. The molecule has 5 atom stereocenters. The summed E-state index contributed by atoms with van der Waals surface area (Å²) >= 11 is 6.67. The molecule has 3 aliphatic carbocycles. The molecule has 0 saturated heterocycles. The van der Waals surface area contributed by atoms with Gasteiger partial charge < -0.3 is 0 Å². The Morgan fingerprint density at radius 3 is 2.39 bits per heavy atom. The summed E-state index contributed by atoms with van der Waals surface area (Å²) in [5.41, 5.74) is 0.271. The van der Waals surface area contributed by atoms with E-state index in [0.29, 0.717) is 0 Å². The highest BCUT2D eigenvalue weighted by Gasteiger charge is 2.50. The minimum absolute atomic E-state index is 0.271. The topological polar surface area (TPSA) is 12.4 Å². The maximum Gasteiger partial charge on any atom is 0.122 e. The van der Waals surface area contributed by atoms with Gasteiger partial charge in [0.05, 0.1) is 5.54 Å². The standard InChI is InChI=1S/C20H33NS2/c22-19-21-20(13-6-5-12-18(20)23-19)17-10-4-2-1-3-8-15-14-16(15)9-7-11-17/h15-18H,1-14H2,(H,21,22). The highest BCUT2D eigenvalue weighted by molar-refractivity contribution is 8.33. The van der Waals surface area contributed by atoms with Gasteiger partial charge in [-0.3, -0.25) is 4.99 Å². The van der Waals surface area contributed by atoms with Crippen molar-refractivity contribution in [3.63, 3.8) is 0 Å². The monoisotopic (exact) mass is 351 g/mol. The van der Waals surface area contributed by atoms with Crippen LogP contribution in [-0.2, 0) is 0 Å². The van der Waals surface area contributed by atoms with Crippen LogP contribution in [0, 0.1) is 17.8 Å². The van der Waals surface area contributed by atoms with Gasteiger partial charge in [0.15, 0.2) is 0 Å². The number of fused-ring (bicyclic) bond motifs is 2. The first-order valence-corrected chi connectivity index (χ1v) is 11.6. The van der Waals surface area contributed by atoms with Gasteiger partial charge in [-0.1, -0.05) is 69.5 Å². The van der Waals surface area contributed by atoms with Crippen LogP contribution in [0.4, 0.5) is 0 Å². The summed E-state index contributed by atoms with van der Waals surface area (Å²) in [5.74, 6) is 3.04. The van der Waals surface area contributed by atoms with Crippen LogP contribution in [0.1, 0.15) is 89.9 Å². The molecule has 0 aromatic carbocycles. The highest BCUT2D eigenvalue weighted by Crippen LogP contribution is 2.53. The van der Waals surface area contributed by atoms with E-state index in [1.54, 1.807) is 6.42 Å². The maximum absolute atomic E-state index is 5.21. The Morgan fingerprint density at radius 1 is 0.826 bits per heavy atom. The summed E-state index contributed by atoms with van der Waals surface area (Å²) in [7, 11) is 0. The van der Waals surface area contributed by atoms with Crippen molar-refractivity contribution < 1.29 is 0 Å². The zero-order valence-corrected chi connectivity index (χ0v) is 16.2. The van der Waals surface area contributed by atoms with E-state index in [1.165, 1.54) is 83.5 Å². The lowest BCUT2D eigenvalue weighted by molar-refractivity contribution is 0.182. The Kier molecular flexibility index (Phi) is 5.35. The second kappa shape index (κ2) is 7.32. The van der Waals surface area contributed by atoms with Gasteiger partial charge in [0, 0.05) is 5.25 Å². The molecule has 0 N–H and O–H groups in total. The van der Waals surface area contributed by atoms with Crippen molar-refractivity contribution in [1.29, 1.82) is 0 Å². The van der Waals surface area contributed by atoms with E-state index in [2.05, 4.69) is 12.6 Å². The van der Waals surface area contributed by atoms with E-state index < -0.39 is 0 Å². The van der Waals surface area contributed by atoms with Crippen LogP contribution in [0.5, 0.6) is 0 Å². The van der Waals surface area contributed by atoms with Crippen molar-refractivity contribution in [2.45, 2.75) is 101 Å². The highest BCUT2D eigenvalue weighted by atomic mass is 32.2. The number of hydrogen-bond donors (Lipinski definition) is 1. The van der Waals surface area contributed by atoms with Crippen LogP contribution in [0.25, 0.3) is 0 Å². The molecular weight excluding hydrogens is 318 g/mol. The third kappa shape index (κ3) is 3.66. The molecule has 4 aliphatic rings. The van der Waals surface area contributed by atoms with E-state index >= 15 is 0 Å². The first-order chi connectivity index (χ1) is 11.3. The maximum atomic E-state index is 5.21. The second-order valence-electron chi connectivity index (χ2n) is 8.61. The predicted molar refractivity (Wildman–Crippen MR) is 106 cm³/mol. The molecule has 5 unspecified atom stereocenters. The zero-order valence-electron chi connectivity index (χ0n) is 14.5. The molecule has 1 nitrogen and oxygen atoms in total. The molecule has 4 rings (SSSR count). The lowest BCUT2D eigenvalue weighted by atomic mass is 9.69. The number of thioether (sulfide) groups is 1. The number of thiol groups is 1. The fraction of sp³-hybridized carbons (Fsp3) is 0.950. The van der Waals surface area contributed by atoms with Crippen molar-refractivity contribution in [1.82, 2.24) is 0 Å². The Bertz CT molecular complexity index is 449. The molecule has 0 amide bonds. The Hall–Kier alpha value is 0.370. The van der Waals surface area contributed by atoms with Crippen LogP contribution in [0.2, 0.25) is 0 Å². The van der Waals surface area contributed by atoms with Crippen molar-refractivity contribution >= 4 is 28.8 Å². The third-order valence-corrected chi connectivity index (χ3v) is 8.83. The average Bonchev–Trinajstić information content (AvgIpc) is 3.17. The lowest BCUT2D eigenvalue weighted by Crippen LogP contribution is -2.45. The Morgan fingerprint density at radius 2 is 1.52 bits per heavy atom. The van der Waals surface area contributed by atoms with E-state index in [0.717, 1.165) is 27.4 Å². The molecule has 3 heteroatoms. The SMILES string of the molecule is SC1=NC2(C3CCCCCCC4CC4CCC3)CCCCC2S1. The molecule has 0 aromatic heterocycles. The number of hydrogen-bond acceptors (Lipinski definition) is 2. The molecule has 0 radical (unpaired) electrons. The molecular formula is C20H33NS2. The molecule has 130 valence electrons. The molecule has 1 heterocycles. The summed E-state index contributed by atoms with van der Waals surface area (Å²) in [5, 5.41) is 0.746. The number of nitrogens with zero attached hydrogens (tertiary/aromatic N) is 1. The van der Waals surface area contributed by atoms with E-state index in [4.69, 9.17) is 4.99 Å². The molecule has 3 saturated carbocycles. The summed E-state index contributed by atoms with van der Waals surface area (Å²) < 4.78 is 1.09. The lowest BCUT2D eigenvalue weighted by Gasteiger charge is -2.43. The normalized spacial score (nSPS) is 45.2. The van der Waals surface area contributed by atoms with Gasteiger partial charge >= 0.3 is 0 Å². The minimum Gasteiger partial charge on any atom is -0.264 e. The Labute approximate surface area is 152 Å². The molecule has 0 aromatic rings. The molecule has 23 heavy (non-hydrogen) atoms. The first kappa shape index (κ1) is 16.8. The average molecular weight is 352 g/mol. The Balaban J connectivity index is 1.47. The van der Waals surface area contributed by atoms with Gasteiger partial charge in [-0.05, 0) is 49.9 Å². The molecule has 0 spiro atoms. The van der Waals surface area contributed by atoms with E-state index in [9.17, 15) is 0 Å². The van der Waals surface area contributed by atoms with E-state index in [-0.39, 0.29) is 5.54 Å². The summed E-state index contributed by atoms with van der Waals surface area (Å²) in [6.07, 6.45) is 20.3. The van der Waals surface area contributed by atoms with Crippen LogP contribution in [0.15, 0.2) is 4.99 Å². The minimum atomic E-state index is 0.271. The van der Waals surface area contributed by atoms with Crippen LogP contribution < -0.4 is 0 Å². The number of aliphatic imine (C=N–C) groups is 1. The van der Waals surface area contributed by atoms with Gasteiger partial charge in [-0.25, -0.2) is 0 Å². The molecule has 1 aliphatic heterocycles. The van der Waals surface area contributed by atoms with Crippen molar-refractivity contribution in [3.05, 3.63) is 0 Å². The molecule has 3 fully saturated rings. The van der Waals surface area contributed by atoms with Gasteiger partial charge in [-0.15, -0.1) is 12.6 Å². The zero-order chi connectivity index (χ0) is 15.7. The van der Waals surface area contributed by atoms with Gasteiger partial charge in [-0.2, -0.15) is 0 Å².